The monoisotopic (exact) mass is 475 g/mol. The van der Waals surface area contributed by atoms with E-state index in [4.69, 9.17) is 0 Å². The topological polar surface area (TPSA) is 88.6 Å². The summed E-state index contributed by atoms with van der Waals surface area (Å²) in [7, 11) is -7.91. The minimum absolute atomic E-state index is 0.0482. The van der Waals surface area contributed by atoms with Gasteiger partial charge in [-0.1, -0.05) is 49.7 Å². The number of carbonyl (C=O) groups excluding carboxylic acids is 1. The Morgan fingerprint density at radius 1 is 0.875 bits per heavy atom. The first-order valence-corrected chi connectivity index (χ1v) is 13.9. The minimum Gasteiger partial charge on any atom is -0.273 e. The van der Waals surface area contributed by atoms with Crippen LogP contribution < -0.4 is 0 Å². The average Bonchev–Trinajstić information content (AvgIpc) is 2.76. The molecule has 0 N–H and O–H groups in total. The number of benzene rings is 2. The van der Waals surface area contributed by atoms with Gasteiger partial charge in [-0.25, -0.2) is 21.1 Å². The number of sulfonamides is 1. The highest BCUT2D eigenvalue weighted by atomic mass is 32.2. The molecular weight excluding hydrogens is 446 g/mol. The third-order valence-electron chi connectivity index (χ3n) is 7.36. The fourth-order valence-electron chi connectivity index (χ4n) is 5.23. The van der Waals surface area contributed by atoms with Crippen LogP contribution in [0.4, 0.5) is 0 Å². The first-order chi connectivity index (χ1) is 15.0. The largest absolute Gasteiger partial charge is 0.273 e. The van der Waals surface area contributed by atoms with E-state index in [1.54, 1.807) is 42.5 Å². The standard InChI is InChI=1S/C24H29NO5S2/c1-17-9-11-21(12-10-17)32(29,30)25-14-13-24(31(27,28)20-7-5-4-6-8-20)16-19(3)18(2)15-22(24)23(25)26/h4-12,18-19,22H,13-16H2,1-3H3. The fraction of sp³-hybridized carbons (Fsp3) is 0.458. The van der Waals surface area contributed by atoms with Crippen LogP contribution in [0.15, 0.2) is 64.4 Å². The van der Waals surface area contributed by atoms with Gasteiger partial charge in [-0.3, -0.25) is 4.79 Å². The molecule has 0 aromatic heterocycles. The quantitative estimate of drug-likeness (QED) is 0.671. The maximum Gasteiger partial charge on any atom is 0.266 e. The number of fused-ring (bicyclic) bond motifs is 1. The van der Waals surface area contributed by atoms with Crippen molar-refractivity contribution >= 4 is 25.8 Å². The molecule has 1 heterocycles. The lowest BCUT2D eigenvalue weighted by molar-refractivity contribution is -0.137. The summed E-state index contributed by atoms with van der Waals surface area (Å²) in [6.07, 6.45) is 0.801. The molecule has 2 aromatic carbocycles. The Morgan fingerprint density at radius 3 is 2.12 bits per heavy atom. The highest BCUT2D eigenvalue weighted by Gasteiger charge is 2.61. The normalized spacial score (nSPS) is 28.9. The molecule has 172 valence electrons. The van der Waals surface area contributed by atoms with Crippen molar-refractivity contribution in [3.63, 3.8) is 0 Å². The molecule has 1 aliphatic carbocycles. The summed E-state index contributed by atoms with van der Waals surface area (Å²) in [5.74, 6) is -1.27. The van der Waals surface area contributed by atoms with Crippen LogP contribution >= 0.6 is 0 Å². The average molecular weight is 476 g/mol. The number of piperidine rings is 1. The van der Waals surface area contributed by atoms with Crippen LogP contribution in [0.5, 0.6) is 0 Å². The van der Waals surface area contributed by atoms with E-state index < -0.39 is 36.4 Å². The van der Waals surface area contributed by atoms with Gasteiger partial charge in [-0.05, 0) is 62.3 Å². The van der Waals surface area contributed by atoms with Crippen molar-refractivity contribution in [1.82, 2.24) is 4.31 Å². The van der Waals surface area contributed by atoms with Gasteiger partial charge < -0.3 is 0 Å². The molecule has 6 nitrogen and oxygen atoms in total. The Kier molecular flexibility index (Phi) is 5.74. The highest BCUT2D eigenvalue weighted by Crippen LogP contribution is 2.52. The van der Waals surface area contributed by atoms with Crippen molar-refractivity contribution in [2.24, 2.45) is 17.8 Å². The molecule has 4 rings (SSSR count). The zero-order valence-corrected chi connectivity index (χ0v) is 20.2. The number of hydrogen-bond donors (Lipinski definition) is 0. The second kappa shape index (κ2) is 7.99. The molecule has 2 aliphatic rings. The number of sulfone groups is 1. The van der Waals surface area contributed by atoms with E-state index in [-0.39, 0.29) is 34.6 Å². The van der Waals surface area contributed by atoms with E-state index in [0.29, 0.717) is 12.8 Å². The minimum atomic E-state index is -4.06. The lowest BCUT2D eigenvalue weighted by atomic mass is 9.66. The van der Waals surface area contributed by atoms with Gasteiger partial charge in [0.25, 0.3) is 10.0 Å². The molecular formula is C24H29NO5S2. The maximum absolute atomic E-state index is 13.9. The van der Waals surface area contributed by atoms with Crippen LogP contribution in [0.3, 0.4) is 0 Å². The zero-order chi connectivity index (χ0) is 23.3. The number of nitrogens with zero attached hydrogens (tertiary/aromatic N) is 1. The van der Waals surface area contributed by atoms with Gasteiger partial charge in [-0.2, -0.15) is 0 Å². The summed E-state index contributed by atoms with van der Waals surface area (Å²) in [4.78, 5) is 13.9. The van der Waals surface area contributed by atoms with Gasteiger partial charge in [0.05, 0.1) is 20.5 Å². The number of rotatable bonds is 4. The third kappa shape index (κ3) is 3.48. The van der Waals surface area contributed by atoms with Crippen LogP contribution in [0.25, 0.3) is 0 Å². The van der Waals surface area contributed by atoms with E-state index in [0.717, 1.165) is 9.87 Å². The fourth-order valence-corrected chi connectivity index (χ4v) is 9.06. The second-order valence-corrected chi connectivity index (χ2v) is 13.5. The Labute approximate surface area is 190 Å². The SMILES string of the molecule is Cc1ccc(S(=O)(=O)N2CCC3(S(=O)(=O)c4ccccc4)CC(C)C(C)CC3C2=O)cc1. The van der Waals surface area contributed by atoms with E-state index in [2.05, 4.69) is 0 Å². The first kappa shape index (κ1) is 23.0. The zero-order valence-electron chi connectivity index (χ0n) is 18.6. The lowest BCUT2D eigenvalue weighted by Crippen LogP contribution is -2.62. The van der Waals surface area contributed by atoms with Gasteiger partial charge in [-0.15, -0.1) is 0 Å². The van der Waals surface area contributed by atoms with Gasteiger partial charge in [0.1, 0.15) is 0 Å². The first-order valence-electron chi connectivity index (χ1n) is 10.9. The molecule has 4 atom stereocenters. The molecule has 32 heavy (non-hydrogen) atoms. The Morgan fingerprint density at radius 2 is 1.50 bits per heavy atom. The summed E-state index contributed by atoms with van der Waals surface area (Å²) in [6, 6.07) is 14.6. The molecule has 1 saturated carbocycles. The molecule has 1 aliphatic heterocycles. The third-order valence-corrected chi connectivity index (χ3v) is 11.8. The van der Waals surface area contributed by atoms with Crippen LogP contribution in [0.2, 0.25) is 0 Å². The van der Waals surface area contributed by atoms with E-state index in [1.807, 2.05) is 20.8 Å². The molecule has 4 unspecified atom stereocenters. The van der Waals surface area contributed by atoms with Crippen molar-refractivity contribution < 1.29 is 21.6 Å². The second-order valence-electron chi connectivity index (χ2n) is 9.31. The van der Waals surface area contributed by atoms with Crippen LogP contribution in [-0.2, 0) is 24.7 Å². The van der Waals surface area contributed by atoms with Gasteiger partial charge in [0, 0.05) is 6.54 Å². The van der Waals surface area contributed by atoms with E-state index >= 15 is 0 Å². The number of hydrogen-bond acceptors (Lipinski definition) is 5. The van der Waals surface area contributed by atoms with Crippen molar-refractivity contribution in [3.8, 4) is 0 Å². The highest BCUT2D eigenvalue weighted by molar-refractivity contribution is 7.93. The van der Waals surface area contributed by atoms with E-state index in [1.165, 1.54) is 12.1 Å². The summed E-state index contributed by atoms with van der Waals surface area (Å²) in [5.41, 5.74) is 0.914. The predicted octanol–water partition coefficient (Wildman–Crippen LogP) is 3.81. The van der Waals surface area contributed by atoms with Crippen molar-refractivity contribution in [1.29, 1.82) is 0 Å². The van der Waals surface area contributed by atoms with E-state index in [9.17, 15) is 21.6 Å². The molecule has 1 saturated heterocycles. The Hall–Kier alpha value is -2.19. The molecule has 0 radical (unpaired) electrons. The molecule has 8 heteroatoms. The molecule has 2 fully saturated rings. The summed E-state index contributed by atoms with van der Waals surface area (Å²) in [6.45, 7) is 5.74. The summed E-state index contributed by atoms with van der Waals surface area (Å²) >= 11 is 0. The van der Waals surface area contributed by atoms with Crippen molar-refractivity contribution in [2.45, 2.75) is 54.6 Å². The predicted molar refractivity (Wildman–Crippen MR) is 122 cm³/mol. The van der Waals surface area contributed by atoms with Crippen LogP contribution in [0, 0.1) is 24.7 Å². The number of amides is 1. The van der Waals surface area contributed by atoms with Crippen molar-refractivity contribution in [3.05, 3.63) is 60.2 Å². The molecule has 0 bridgehead atoms. The van der Waals surface area contributed by atoms with Crippen LogP contribution in [0.1, 0.15) is 38.7 Å². The molecule has 0 spiro atoms. The van der Waals surface area contributed by atoms with Gasteiger partial charge >= 0.3 is 0 Å². The Bertz CT molecular complexity index is 1220. The summed E-state index contributed by atoms with van der Waals surface area (Å²) < 4.78 is 54.0. The van der Waals surface area contributed by atoms with Crippen molar-refractivity contribution in [2.75, 3.05) is 6.54 Å². The summed E-state index contributed by atoms with van der Waals surface area (Å²) in [5, 5.41) is 0. The smallest absolute Gasteiger partial charge is 0.266 e. The Balaban J connectivity index is 1.79. The lowest BCUT2D eigenvalue weighted by Gasteiger charge is -2.51. The van der Waals surface area contributed by atoms with Gasteiger partial charge in [0.2, 0.25) is 5.91 Å². The molecule has 2 aromatic rings. The number of aryl methyl sites for hydroxylation is 1. The van der Waals surface area contributed by atoms with Crippen LogP contribution in [-0.4, -0.2) is 38.3 Å². The van der Waals surface area contributed by atoms with Gasteiger partial charge in [0.15, 0.2) is 9.84 Å². The maximum atomic E-state index is 13.9. The molecule has 1 amide bonds. The number of carbonyl (C=O) groups is 1.